The second kappa shape index (κ2) is 8.62. The third-order valence-corrected chi connectivity index (χ3v) is 4.31. The maximum absolute atomic E-state index is 11.6. The van der Waals surface area contributed by atoms with Gasteiger partial charge in [-0.25, -0.2) is 4.79 Å². The van der Waals surface area contributed by atoms with Crippen LogP contribution in [0.15, 0.2) is 22.9 Å². The Kier molecular flexibility index (Phi) is 6.47. The first-order chi connectivity index (χ1) is 10.2. The van der Waals surface area contributed by atoms with Crippen LogP contribution >= 0.6 is 11.3 Å². The summed E-state index contributed by atoms with van der Waals surface area (Å²) in [7, 11) is 0. The van der Waals surface area contributed by atoms with E-state index in [2.05, 4.69) is 5.32 Å². The molecule has 0 spiro atoms. The highest BCUT2D eigenvalue weighted by Gasteiger charge is 2.14. The Labute approximate surface area is 129 Å². The van der Waals surface area contributed by atoms with Crippen LogP contribution in [0.2, 0.25) is 0 Å². The number of ether oxygens (including phenoxy) is 1. The van der Waals surface area contributed by atoms with Gasteiger partial charge in [-0.15, -0.1) is 0 Å². The zero-order chi connectivity index (χ0) is 14.9. The van der Waals surface area contributed by atoms with Gasteiger partial charge in [0.2, 0.25) is 0 Å². The fourth-order valence-corrected chi connectivity index (χ4v) is 3.05. The molecule has 0 aliphatic heterocycles. The predicted molar refractivity (Wildman–Crippen MR) is 83.9 cm³/mol. The van der Waals surface area contributed by atoms with Crippen molar-refractivity contribution < 1.29 is 14.3 Å². The lowest BCUT2D eigenvalue weighted by Gasteiger charge is -2.21. The van der Waals surface area contributed by atoms with Gasteiger partial charge in [-0.3, -0.25) is 4.79 Å². The van der Waals surface area contributed by atoms with Crippen molar-refractivity contribution in [3.05, 3.63) is 28.5 Å². The van der Waals surface area contributed by atoms with Gasteiger partial charge in [0.05, 0.1) is 0 Å². The summed E-state index contributed by atoms with van der Waals surface area (Å²) in [4.78, 5) is 23.1. The van der Waals surface area contributed by atoms with E-state index in [1.807, 2.05) is 16.8 Å². The second-order valence-corrected chi connectivity index (χ2v) is 6.09. The van der Waals surface area contributed by atoms with Crippen molar-refractivity contribution in [3.8, 4) is 0 Å². The van der Waals surface area contributed by atoms with E-state index in [9.17, 15) is 9.59 Å². The molecule has 1 saturated carbocycles. The molecule has 5 heteroatoms. The summed E-state index contributed by atoms with van der Waals surface area (Å²) in [6.45, 7) is 0.487. The maximum atomic E-state index is 11.6. The van der Waals surface area contributed by atoms with Crippen LogP contribution < -0.4 is 5.32 Å². The number of nitrogens with one attached hydrogen (secondary N) is 1. The van der Waals surface area contributed by atoms with Crippen LogP contribution in [-0.4, -0.2) is 25.0 Å². The summed E-state index contributed by atoms with van der Waals surface area (Å²) in [5.41, 5.74) is 0.957. The molecule has 21 heavy (non-hydrogen) atoms. The molecule has 1 heterocycles. The molecular weight excluding hydrogens is 286 g/mol. The van der Waals surface area contributed by atoms with Crippen molar-refractivity contribution in [2.45, 2.75) is 32.1 Å². The number of thiophene rings is 1. The molecule has 0 saturated heterocycles. The van der Waals surface area contributed by atoms with Crippen LogP contribution in [0, 0.1) is 5.92 Å². The fraction of sp³-hybridized carbons (Fsp3) is 0.500. The standard InChI is InChI=1S/C16H21NO3S/c18-15(17-10-13-4-2-1-3-5-13)11-20-16(19)7-6-14-8-9-21-12-14/h6-9,12-13H,1-5,10-11H2,(H,17,18)/b7-6+. The van der Waals surface area contributed by atoms with E-state index >= 15 is 0 Å². The van der Waals surface area contributed by atoms with Gasteiger partial charge in [0.15, 0.2) is 6.61 Å². The Hall–Kier alpha value is -1.62. The van der Waals surface area contributed by atoms with Crippen molar-refractivity contribution in [1.82, 2.24) is 5.32 Å². The van der Waals surface area contributed by atoms with E-state index < -0.39 is 5.97 Å². The lowest BCUT2D eigenvalue weighted by atomic mass is 9.89. The highest BCUT2D eigenvalue weighted by Crippen LogP contribution is 2.22. The summed E-state index contributed by atoms with van der Waals surface area (Å²) in [5, 5.41) is 6.70. The summed E-state index contributed by atoms with van der Waals surface area (Å²) in [6.07, 6.45) is 9.20. The Bertz CT molecular complexity index is 476. The Morgan fingerprint density at radius 3 is 2.86 bits per heavy atom. The number of esters is 1. The van der Waals surface area contributed by atoms with Crippen LogP contribution in [0.3, 0.4) is 0 Å². The van der Waals surface area contributed by atoms with Crippen molar-refractivity contribution in [3.63, 3.8) is 0 Å². The number of hydrogen-bond acceptors (Lipinski definition) is 4. The molecule has 1 aromatic rings. The molecule has 0 bridgehead atoms. The quantitative estimate of drug-likeness (QED) is 0.649. The maximum Gasteiger partial charge on any atom is 0.331 e. The number of carbonyl (C=O) groups is 2. The molecular formula is C16H21NO3S. The first-order valence-electron chi connectivity index (χ1n) is 7.38. The van der Waals surface area contributed by atoms with E-state index in [0.29, 0.717) is 12.5 Å². The molecule has 0 radical (unpaired) electrons. The number of hydrogen-bond donors (Lipinski definition) is 1. The van der Waals surface area contributed by atoms with Crippen LogP contribution in [0.4, 0.5) is 0 Å². The van der Waals surface area contributed by atoms with Crippen molar-refractivity contribution in [2.75, 3.05) is 13.2 Å². The van der Waals surface area contributed by atoms with Gasteiger partial charge in [0, 0.05) is 12.6 Å². The first-order valence-corrected chi connectivity index (χ1v) is 8.32. The molecule has 4 nitrogen and oxygen atoms in total. The highest BCUT2D eigenvalue weighted by molar-refractivity contribution is 7.08. The van der Waals surface area contributed by atoms with Crippen LogP contribution in [0.25, 0.3) is 6.08 Å². The minimum atomic E-state index is -0.492. The molecule has 2 rings (SSSR count). The third-order valence-electron chi connectivity index (χ3n) is 3.61. The Balaban J connectivity index is 1.60. The monoisotopic (exact) mass is 307 g/mol. The fourth-order valence-electron chi connectivity index (χ4n) is 2.42. The average molecular weight is 307 g/mol. The molecule has 0 atom stereocenters. The van der Waals surface area contributed by atoms with E-state index in [0.717, 1.165) is 5.56 Å². The topological polar surface area (TPSA) is 55.4 Å². The van der Waals surface area contributed by atoms with E-state index in [1.54, 1.807) is 17.4 Å². The van der Waals surface area contributed by atoms with Crippen molar-refractivity contribution >= 4 is 29.3 Å². The first kappa shape index (κ1) is 15.8. The minimum Gasteiger partial charge on any atom is -0.452 e. The molecule has 0 unspecified atom stereocenters. The number of carbonyl (C=O) groups excluding carboxylic acids is 2. The van der Waals surface area contributed by atoms with Crippen molar-refractivity contribution in [2.24, 2.45) is 5.92 Å². The van der Waals surface area contributed by atoms with E-state index in [-0.39, 0.29) is 12.5 Å². The molecule has 1 amide bonds. The molecule has 0 aromatic carbocycles. The summed E-state index contributed by atoms with van der Waals surface area (Å²) in [6, 6.07) is 1.91. The minimum absolute atomic E-state index is 0.209. The van der Waals surface area contributed by atoms with Gasteiger partial charge in [-0.2, -0.15) is 11.3 Å². The lowest BCUT2D eigenvalue weighted by Crippen LogP contribution is -2.33. The molecule has 1 fully saturated rings. The normalized spacial score (nSPS) is 16.0. The highest BCUT2D eigenvalue weighted by atomic mass is 32.1. The number of amides is 1. The van der Waals surface area contributed by atoms with Gasteiger partial charge < -0.3 is 10.1 Å². The predicted octanol–water partition coefficient (Wildman–Crippen LogP) is 3.00. The van der Waals surface area contributed by atoms with Gasteiger partial charge in [-0.1, -0.05) is 19.3 Å². The van der Waals surface area contributed by atoms with Gasteiger partial charge >= 0.3 is 5.97 Å². The molecule has 1 N–H and O–H groups in total. The Morgan fingerprint density at radius 1 is 1.33 bits per heavy atom. The van der Waals surface area contributed by atoms with Gasteiger partial charge in [0.1, 0.15) is 0 Å². The average Bonchev–Trinajstić information content (AvgIpc) is 3.03. The zero-order valence-electron chi connectivity index (χ0n) is 12.0. The van der Waals surface area contributed by atoms with Gasteiger partial charge in [-0.05, 0) is 47.2 Å². The lowest BCUT2D eigenvalue weighted by molar-refractivity contribution is -0.143. The third kappa shape index (κ3) is 6.12. The van der Waals surface area contributed by atoms with E-state index in [1.165, 1.54) is 38.2 Å². The SMILES string of the molecule is O=C(COC(=O)/C=C/c1ccsc1)NCC1CCCCC1. The largest absolute Gasteiger partial charge is 0.452 e. The number of rotatable bonds is 6. The van der Waals surface area contributed by atoms with E-state index in [4.69, 9.17) is 4.74 Å². The van der Waals surface area contributed by atoms with Crippen molar-refractivity contribution in [1.29, 1.82) is 0 Å². The summed E-state index contributed by atoms with van der Waals surface area (Å²) < 4.78 is 4.91. The van der Waals surface area contributed by atoms with Crippen LogP contribution in [-0.2, 0) is 14.3 Å². The smallest absolute Gasteiger partial charge is 0.331 e. The summed E-state index contributed by atoms with van der Waals surface area (Å²) in [5.74, 6) is -0.135. The van der Waals surface area contributed by atoms with Crippen LogP contribution in [0.5, 0.6) is 0 Å². The molecule has 1 aliphatic carbocycles. The molecule has 1 aliphatic rings. The molecule has 114 valence electrons. The Morgan fingerprint density at radius 2 is 2.14 bits per heavy atom. The summed E-state index contributed by atoms with van der Waals surface area (Å²) >= 11 is 1.56. The molecule has 1 aromatic heterocycles. The van der Waals surface area contributed by atoms with Gasteiger partial charge in [0.25, 0.3) is 5.91 Å². The van der Waals surface area contributed by atoms with Crippen LogP contribution in [0.1, 0.15) is 37.7 Å². The zero-order valence-corrected chi connectivity index (χ0v) is 12.9. The second-order valence-electron chi connectivity index (χ2n) is 5.31.